The summed E-state index contributed by atoms with van der Waals surface area (Å²) in [6.07, 6.45) is 6.79. The van der Waals surface area contributed by atoms with Crippen molar-refractivity contribution in [1.82, 2.24) is 4.98 Å². The van der Waals surface area contributed by atoms with Crippen molar-refractivity contribution < 1.29 is 9.94 Å². The summed E-state index contributed by atoms with van der Waals surface area (Å²) in [6.45, 7) is 4.49. The third-order valence-corrected chi connectivity index (χ3v) is 3.58. The van der Waals surface area contributed by atoms with Crippen LogP contribution in [0, 0.1) is 13.8 Å². The van der Waals surface area contributed by atoms with E-state index >= 15 is 0 Å². The molecule has 5 nitrogen and oxygen atoms in total. The maximum Gasteiger partial charge on any atom is 0.125 e. The first kappa shape index (κ1) is 15.8. The van der Waals surface area contributed by atoms with E-state index < -0.39 is 0 Å². The van der Waals surface area contributed by atoms with E-state index in [1.165, 1.54) is 11.8 Å². The van der Waals surface area contributed by atoms with Crippen molar-refractivity contribution in [3.8, 4) is 5.75 Å². The second-order valence-electron chi connectivity index (χ2n) is 5.20. The third kappa shape index (κ3) is 3.75. The van der Waals surface area contributed by atoms with Crippen molar-refractivity contribution in [2.75, 3.05) is 12.3 Å². The van der Waals surface area contributed by atoms with Crippen LogP contribution < -0.4 is 10.5 Å². The van der Waals surface area contributed by atoms with Crippen LogP contribution in [-0.2, 0) is 6.42 Å². The highest BCUT2D eigenvalue weighted by Crippen LogP contribution is 2.30. The first-order chi connectivity index (χ1) is 10.6. The maximum atomic E-state index is 8.74. The number of anilines is 1. The highest BCUT2D eigenvalue weighted by molar-refractivity contribution is 5.90. The van der Waals surface area contributed by atoms with Gasteiger partial charge in [0.25, 0.3) is 0 Å². The molecule has 0 radical (unpaired) electrons. The Bertz CT molecular complexity index is 655. The van der Waals surface area contributed by atoms with Crippen molar-refractivity contribution in [1.29, 1.82) is 0 Å². The molecule has 0 unspecified atom stereocenters. The average Bonchev–Trinajstić information content (AvgIpc) is 2.51. The quantitative estimate of drug-likeness (QED) is 0.282. The molecule has 0 amide bonds. The van der Waals surface area contributed by atoms with Gasteiger partial charge in [-0.05, 0) is 56.0 Å². The zero-order chi connectivity index (χ0) is 15.9. The summed E-state index contributed by atoms with van der Waals surface area (Å²) in [5, 5.41) is 11.8. The lowest BCUT2D eigenvalue weighted by Crippen LogP contribution is -2.06. The van der Waals surface area contributed by atoms with Gasteiger partial charge in [0, 0.05) is 29.2 Å². The Morgan fingerprint density at radius 3 is 2.73 bits per heavy atom. The van der Waals surface area contributed by atoms with Crippen LogP contribution in [0.5, 0.6) is 5.75 Å². The summed E-state index contributed by atoms with van der Waals surface area (Å²) in [4.78, 5) is 4.00. The summed E-state index contributed by atoms with van der Waals surface area (Å²) < 4.78 is 5.92. The third-order valence-electron chi connectivity index (χ3n) is 3.58. The number of aromatic nitrogens is 1. The normalized spacial score (nSPS) is 11.0. The van der Waals surface area contributed by atoms with Crippen molar-refractivity contribution in [2.24, 2.45) is 5.16 Å². The Balaban J connectivity index is 2.02. The first-order valence-electron chi connectivity index (χ1n) is 7.22. The van der Waals surface area contributed by atoms with Gasteiger partial charge in [-0.2, -0.15) is 0 Å². The minimum atomic E-state index is 0.580. The molecule has 3 N–H and O–H groups in total. The van der Waals surface area contributed by atoms with E-state index in [4.69, 9.17) is 15.7 Å². The molecular formula is C17H21N3O2. The molecule has 0 aliphatic carbocycles. The number of nitrogen functional groups attached to an aromatic ring is 1. The highest BCUT2D eigenvalue weighted by atomic mass is 16.5. The molecule has 5 heteroatoms. The number of aryl methyl sites for hydroxylation is 2. The molecule has 0 bridgehead atoms. The number of oxime groups is 1. The fourth-order valence-electron chi connectivity index (χ4n) is 2.46. The zero-order valence-electron chi connectivity index (χ0n) is 12.9. The van der Waals surface area contributed by atoms with Gasteiger partial charge in [-0.3, -0.25) is 4.98 Å². The van der Waals surface area contributed by atoms with Gasteiger partial charge >= 0.3 is 0 Å². The molecule has 0 saturated carbocycles. The number of nitrogens with zero attached hydrogens (tertiary/aromatic N) is 2. The molecule has 1 heterocycles. The molecule has 116 valence electrons. The van der Waals surface area contributed by atoms with E-state index in [0.29, 0.717) is 17.9 Å². The monoisotopic (exact) mass is 299 g/mol. The summed E-state index contributed by atoms with van der Waals surface area (Å²) in [6, 6.07) is 5.85. The van der Waals surface area contributed by atoms with E-state index in [1.807, 2.05) is 32.0 Å². The van der Waals surface area contributed by atoms with Gasteiger partial charge in [0.1, 0.15) is 5.75 Å². The largest absolute Gasteiger partial charge is 0.493 e. The standard InChI is InChI=1S/C17H21N3O2/c1-12-10-16(18)15(11-20-21)13(2)17(12)22-9-3-4-14-5-7-19-8-6-14/h5-8,10-11,21H,3-4,9,18H2,1-2H3. The topological polar surface area (TPSA) is 80.7 Å². The molecule has 1 aromatic heterocycles. The molecule has 0 saturated heterocycles. The van der Waals surface area contributed by atoms with Gasteiger partial charge in [-0.1, -0.05) is 5.16 Å². The predicted octanol–water partition coefficient (Wildman–Crippen LogP) is 3.10. The molecule has 0 fully saturated rings. The highest BCUT2D eigenvalue weighted by Gasteiger charge is 2.11. The summed E-state index contributed by atoms with van der Waals surface area (Å²) in [5.41, 5.74) is 10.3. The zero-order valence-corrected chi connectivity index (χ0v) is 12.9. The number of hydrogen-bond donors (Lipinski definition) is 2. The predicted molar refractivity (Wildman–Crippen MR) is 87.8 cm³/mol. The minimum Gasteiger partial charge on any atom is -0.493 e. The number of rotatable bonds is 6. The maximum absolute atomic E-state index is 8.74. The first-order valence-corrected chi connectivity index (χ1v) is 7.22. The second kappa shape index (κ2) is 7.45. The van der Waals surface area contributed by atoms with E-state index in [2.05, 4.69) is 10.1 Å². The SMILES string of the molecule is Cc1cc(N)c(C=NO)c(C)c1OCCCc1ccncc1. The summed E-state index contributed by atoms with van der Waals surface area (Å²) >= 11 is 0. The molecular weight excluding hydrogens is 278 g/mol. The van der Waals surface area contributed by atoms with E-state index in [1.54, 1.807) is 12.4 Å². The van der Waals surface area contributed by atoms with Crippen LogP contribution in [0.4, 0.5) is 5.69 Å². The van der Waals surface area contributed by atoms with Gasteiger partial charge in [-0.15, -0.1) is 0 Å². The van der Waals surface area contributed by atoms with Crippen molar-refractivity contribution >= 4 is 11.9 Å². The average molecular weight is 299 g/mol. The Morgan fingerprint density at radius 2 is 2.05 bits per heavy atom. The second-order valence-corrected chi connectivity index (χ2v) is 5.20. The number of pyridine rings is 1. The van der Waals surface area contributed by atoms with Gasteiger partial charge in [0.05, 0.1) is 12.8 Å². The van der Waals surface area contributed by atoms with E-state index in [9.17, 15) is 0 Å². The van der Waals surface area contributed by atoms with Crippen molar-refractivity contribution in [3.05, 3.63) is 52.8 Å². The lowest BCUT2D eigenvalue weighted by Gasteiger charge is -2.15. The minimum absolute atomic E-state index is 0.580. The molecule has 0 spiro atoms. The molecule has 0 aliphatic rings. The van der Waals surface area contributed by atoms with Crippen LogP contribution in [-0.4, -0.2) is 23.0 Å². The van der Waals surface area contributed by atoms with Gasteiger partial charge < -0.3 is 15.7 Å². The van der Waals surface area contributed by atoms with Crippen LogP contribution in [0.3, 0.4) is 0 Å². The Labute approximate surface area is 130 Å². The van der Waals surface area contributed by atoms with Crippen molar-refractivity contribution in [3.63, 3.8) is 0 Å². The fraction of sp³-hybridized carbons (Fsp3) is 0.294. The Kier molecular flexibility index (Phi) is 5.36. The van der Waals surface area contributed by atoms with Crippen molar-refractivity contribution in [2.45, 2.75) is 26.7 Å². The van der Waals surface area contributed by atoms with Crippen LogP contribution >= 0.6 is 0 Å². The van der Waals surface area contributed by atoms with Crippen LogP contribution in [0.25, 0.3) is 0 Å². The van der Waals surface area contributed by atoms with Gasteiger partial charge in [-0.25, -0.2) is 0 Å². The Hall–Kier alpha value is -2.56. The number of benzene rings is 1. The molecule has 2 aromatic rings. The van der Waals surface area contributed by atoms with Crippen LogP contribution in [0.1, 0.15) is 28.7 Å². The molecule has 2 rings (SSSR count). The Morgan fingerprint density at radius 1 is 1.32 bits per heavy atom. The molecule has 0 aliphatic heterocycles. The lowest BCUT2D eigenvalue weighted by atomic mass is 10.0. The molecule has 1 aromatic carbocycles. The summed E-state index contributed by atoms with van der Waals surface area (Å²) in [7, 11) is 0. The fourth-order valence-corrected chi connectivity index (χ4v) is 2.46. The lowest BCUT2D eigenvalue weighted by molar-refractivity contribution is 0.307. The van der Waals surface area contributed by atoms with Gasteiger partial charge in [0.2, 0.25) is 0 Å². The van der Waals surface area contributed by atoms with Crippen LogP contribution in [0.2, 0.25) is 0 Å². The number of hydrogen-bond acceptors (Lipinski definition) is 5. The van der Waals surface area contributed by atoms with Crippen LogP contribution in [0.15, 0.2) is 35.7 Å². The smallest absolute Gasteiger partial charge is 0.125 e. The molecule has 22 heavy (non-hydrogen) atoms. The summed E-state index contributed by atoms with van der Waals surface area (Å²) in [5.74, 6) is 0.804. The number of ether oxygens (including phenoxy) is 1. The number of nitrogens with two attached hydrogens (primary N) is 1. The van der Waals surface area contributed by atoms with E-state index in [-0.39, 0.29) is 0 Å². The van der Waals surface area contributed by atoms with Gasteiger partial charge in [0.15, 0.2) is 0 Å². The molecule has 0 atom stereocenters. The van der Waals surface area contributed by atoms with E-state index in [0.717, 1.165) is 29.7 Å².